The monoisotopic (exact) mass is 327 g/mol. The standard InChI is InChI=1S/C12H8BrF2N3O/c13-6-3-8(14)11(9(15)4-6)18-12(19)10-2-1-7(16)5-17-10/h1-5H,16H2,(H,18,19). The number of amides is 1. The molecule has 1 heterocycles. The highest BCUT2D eigenvalue weighted by Crippen LogP contribution is 2.24. The number of rotatable bonds is 2. The van der Waals surface area contributed by atoms with E-state index in [2.05, 4.69) is 26.2 Å². The Labute approximate surface area is 115 Å². The lowest BCUT2D eigenvalue weighted by atomic mass is 10.2. The van der Waals surface area contributed by atoms with E-state index in [1.807, 2.05) is 0 Å². The molecule has 0 atom stereocenters. The van der Waals surface area contributed by atoms with Gasteiger partial charge in [0.05, 0.1) is 11.9 Å². The van der Waals surface area contributed by atoms with Gasteiger partial charge in [0.15, 0.2) is 11.6 Å². The van der Waals surface area contributed by atoms with Crippen LogP contribution in [0, 0.1) is 11.6 Å². The SMILES string of the molecule is Nc1ccc(C(=O)Nc2c(F)cc(Br)cc2F)nc1. The van der Waals surface area contributed by atoms with E-state index in [1.54, 1.807) is 0 Å². The third-order valence-electron chi connectivity index (χ3n) is 2.26. The van der Waals surface area contributed by atoms with E-state index in [-0.39, 0.29) is 10.2 Å². The summed E-state index contributed by atoms with van der Waals surface area (Å²) in [6, 6.07) is 4.93. The van der Waals surface area contributed by atoms with Gasteiger partial charge in [-0.15, -0.1) is 0 Å². The Morgan fingerprint density at radius 2 is 1.89 bits per heavy atom. The number of hydrogen-bond donors (Lipinski definition) is 2. The fourth-order valence-corrected chi connectivity index (χ4v) is 1.78. The number of halogens is 3. The van der Waals surface area contributed by atoms with Gasteiger partial charge < -0.3 is 11.1 Å². The lowest BCUT2D eigenvalue weighted by Gasteiger charge is -2.07. The molecule has 2 aromatic rings. The van der Waals surface area contributed by atoms with Crippen molar-refractivity contribution in [1.82, 2.24) is 4.98 Å². The summed E-state index contributed by atoms with van der Waals surface area (Å²) in [5.41, 5.74) is 5.30. The van der Waals surface area contributed by atoms with Crippen LogP contribution in [0.3, 0.4) is 0 Å². The average Bonchev–Trinajstić information content (AvgIpc) is 2.34. The van der Waals surface area contributed by atoms with Gasteiger partial charge in [-0.25, -0.2) is 13.8 Å². The zero-order valence-corrected chi connectivity index (χ0v) is 11.0. The molecule has 1 amide bonds. The maximum atomic E-state index is 13.5. The Bertz CT molecular complexity index is 608. The molecule has 0 aliphatic rings. The molecular formula is C12H8BrF2N3O. The molecule has 19 heavy (non-hydrogen) atoms. The summed E-state index contributed by atoms with van der Waals surface area (Å²) in [7, 11) is 0. The van der Waals surface area contributed by atoms with Crippen molar-refractivity contribution in [2.45, 2.75) is 0 Å². The van der Waals surface area contributed by atoms with E-state index in [9.17, 15) is 13.6 Å². The quantitative estimate of drug-likeness (QED) is 0.891. The molecule has 0 aliphatic carbocycles. The van der Waals surface area contributed by atoms with E-state index in [0.717, 1.165) is 12.1 Å². The van der Waals surface area contributed by atoms with Crippen LogP contribution in [0.2, 0.25) is 0 Å². The van der Waals surface area contributed by atoms with Crippen molar-refractivity contribution in [3.05, 3.63) is 52.3 Å². The Hall–Kier alpha value is -2.02. The number of aromatic nitrogens is 1. The first kappa shape index (κ1) is 13.4. The Kier molecular flexibility index (Phi) is 3.75. The predicted molar refractivity (Wildman–Crippen MR) is 70.7 cm³/mol. The molecule has 0 spiro atoms. The van der Waals surface area contributed by atoms with E-state index >= 15 is 0 Å². The van der Waals surface area contributed by atoms with E-state index in [0.29, 0.717) is 5.69 Å². The first-order chi connectivity index (χ1) is 8.97. The van der Waals surface area contributed by atoms with Crippen LogP contribution in [0.5, 0.6) is 0 Å². The van der Waals surface area contributed by atoms with Crippen molar-refractivity contribution in [3.63, 3.8) is 0 Å². The van der Waals surface area contributed by atoms with Crippen LogP contribution in [-0.2, 0) is 0 Å². The minimum atomic E-state index is -0.879. The molecular weight excluding hydrogens is 320 g/mol. The van der Waals surface area contributed by atoms with Crippen LogP contribution in [0.4, 0.5) is 20.2 Å². The lowest BCUT2D eigenvalue weighted by Crippen LogP contribution is -2.15. The summed E-state index contributed by atoms with van der Waals surface area (Å²) in [5, 5.41) is 2.13. The number of carbonyl (C=O) groups is 1. The minimum absolute atomic E-state index is 0.0101. The maximum Gasteiger partial charge on any atom is 0.274 e. The zero-order chi connectivity index (χ0) is 14.0. The summed E-state index contributed by atoms with van der Waals surface area (Å²) in [6.07, 6.45) is 1.28. The maximum absolute atomic E-state index is 13.5. The largest absolute Gasteiger partial charge is 0.397 e. The summed E-state index contributed by atoms with van der Waals surface area (Å²) in [6.45, 7) is 0. The van der Waals surface area contributed by atoms with Crippen LogP contribution in [0.1, 0.15) is 10.5 Å². The third kappa shape index (κ3) is 3.05. The number of pyridine rings is 1. The molecule has 7 heteroatoms. The van der Waals surface area contributed by atoms with Crippen molar-refractivity contribution in [2.75, 3.05) is 11.1 Å². The third-order valence-corrected chi connectivity index (χ3v) is 2.72. The van der Waals surface area contributed by atoms with Gasteiger partial charge in [0, 0.05) is 4.47 Å². The number of hydrogen-bond acceptors (Lipinski definition) is 3. The van der Waals surface area contributed by atoms with Crippen LogP contribution < -0.4 is 11.1 Å². The van der Waals surface area contributed by atoms with E-state index in [4.69, 9.17) is 5.73 Å². The number of nitrogen functional groups attached to an aromatic ring is 1. The van der Waals surface area contributed by atoms with Crippen LogP contribution in [0.25, 0.3) is 0 Å². The Balaban J connectivity index is 2.26. The van der Waals surface area contributed by atoms with Crippen molar-refractivity contribution in [1.29, 1.82) is 0 Å². The van der Waals surface area contributed by atoms with Gasteiger partial charge >= 0.3 is 0 Å². The molecule has 2 rings (SSSR count). The van der Waals surface area contributed by atoms with E-state index < -0.39 is 23.2 Å². The van der Waals surface area contributed by atoms with Crippen LogP contribution >= 0.6 is 15.9 Å². The summed E-state index contributed by atoms with van der Waals surface area (Å²) in [4.78, 5) is 15.5. The minimum Gasteiger partial charge on any atom is -0.397 e. The number of nitrogens with two attached hydrogens (primary N) is 1. The van der Waals surface area contributed by atoms with Crippen LogP contribution in [0.15, 0.2) is 34.9 Å². The number of benzene rings is 1. The fraction of sp³-hybridized carbons (Fsp3) is 0. The normalized spacial score (nSPS) is 10.3. The van der Waals surface area contributed by atoms with Gasteiger partial charge in [0.1, 0.15) is 11.4 Å². The average molecular weight is 328 g/mol. The molecule has 1 aromatic carbocycles. The van der Waals surface area contributed by atoms with Crippen molar-refractivity contribution >= 4 is 33.2 Å². The van der Waals surface area contributed by atoms with Gasteiger partial charge in [0.25, 0.3) is 5.91 Å². The number of nitrogens with zero attached hydrogens (tertiary/aromatic N) is 1. The second-order valence-electron chi connectivity index (χ2n) is 3.68. The zero-order valence-electron chi connectivity index (χ0n) is 9.45. The molecule has 4 nitrogen and oxygen atoms in total. The second kappa shape index (κ2) is 5.31. The van der Waals surface area contributed by atoms with E-state index in [1.165, 1.54) is 18.3 Å². The van der Waals surface area contributed by atoms with Gasteiger partial charge in [0.2, 0.25) is 0 Å². The topological polar surface area (TPSA) is 68.0 Å². The van der Waals surface area contributed by atoms with Crippen molar-refractivity contribution < 1.29 is 13.6 Å². The molecule has 0 radical (unpaired) electrons. The first-order valence-corrected chi connectivity index (χ1v) is 5.94. The van der Waals surface area contributed by atoms with Gasteiger partial charge in [-0.05, 0) is 24.3 Å². The second-order valence-corrected chi connectivity index (χ2v) is 4.59. The van der Waals surface area contributed by atoms with Crippen molar-refractivity contribution in [3.8, 4) is 0 Å². The first-order valence-electron chi connectivity index (χ1n) is 5.15. The number of anilines is 2. The number of carbonyl (C=O) groups excluding carboxylic acids is 1. The molecule has 1 aromatic heterocycles. The highest BCUT2D eigenvalue weighted by atomic mass is 79.9. The van der Waals surface area contributed by atoms with Gasteiger partial charge in [-0.3, -0.25) is 4.79 Å². The number of nitrogens with one attached hydrogen (secondary N) is 1. The highest BCUT2D eigenvalue weighted by Gasteiger charge is 2.15. The van der Waals surface area contributed by atoms with Crippen molar-refractivity contribution in [2.24, 2.45) is 0 Å². The molecule has 3 N–H and O–H groups in total. The van der Waals surface area contributed by atoms with Gasteiger partial charge in [-0.2, -0.15) is 0 Å². The summed E-state index contributed by atoms with van der Waals surface area (Å²) in [5.74, 6) is -2.48. The molecule has 98 valence electrons. The smallest absolute Gasteiger partial charge is 0.274 e. The lowest BCUT2D eigenvalue weighted by molar-refractivity contribution is 0.102. The molecule has 0 saturated carbocycles. The highest BCUT2D eigenvalue weighted by molar-refractivity contribution is 9.10. The van der Waals surface area contributed by atoms with Crippen LogP contribution in [-0.4, -0.2) is 10.9 Å². The summed E-state index contributed by atoms with van der Waals surface area (Å²) >= 11 is 2.95. The Morgan fingerprint density at radius 3 is 2.42 bits per heavy atom. The Morgan fingerprint density at radius 1 is 1.26 bits per heavy atom. The molecule has 0 fully saturated rings. The van der Waals surface area contributed by atoms with Gasteiger partial charge in [-0.1, -0.05) is 15.9 Å². The molecule has 0 unspecified atom stereocenters. The molecule has 0 aliphatic heterocycles. The summed E-state index contributed by atoms with van der Waals surface area (Å²) < 4.78 is 27.3. The predicted octanol–water partition coefficient (Wildman–Crippen LogP) is 2.96. The fourth-order valence-electron chi connectivity index (χ4n) is 1.38. The molecule has 0 bridgehead atoms. The molecule has 0 saturated heterocycles.